The molecule has 0 saturated carbocycles. The predicted molar refractivity (Wildman–Crippen MR) is 66.0 cm³/mol. The Labute approximate surface area is 94.3 Å². The summed E-state index contributed by atoms with van der Waals surface area (Å²) in [5.74, 6) is 0.637. The van der Waals surface area contributed by atoms with E-state index in [-0.39, 0.29) is 0 Å². The van der Waals surface area contributed by atoms with Crippen molar-refractivity contribution in [1.29, 1.82) is 0 Å². The summed E-state index contributed by atoms with van der Waals surface area (Å²) in [6.07, 6.45) is 4.36. The number of nitrogens with zero attached hydrogens (tertiary/aromatic N) is 1. The van der Waals surface area contributed by atoms with Crippen LogP contribution in [0.2, 0.25) is 0 Å². The Hall–Kier alpha value is -0.380. The Morgan fingerprint density at radius 2 is 2.20 bits per heavy atom. The van der Waals surface area contributed by atoms with Gasteiger partial charge < -0.3 is 10.5 Å². The fourth-order valence-electron chi connectivity index (χ4n) is 1.48. The van der Waals surface area contributed by atoms with Crippen molar-refractivity contribution in [2.24, 2.45) is 11.7 Å². The first-order chi connectivity index (χ1) is 7.24. The minimum atomic E-state index is 0.637. The lowest BCUT2D eigenvalue weighted by Gasteiger charge is -2.20. The Balaban J connectivity index is 3.60. The number of ether oxygens (including phenoxy) is 1. The van der Waals surface area contributed by atoms with Gasteiger partial charge in [0.05, 0.1) is 6.61 Å². The normalized spacial score (nSPS) is 13.1. The van der Waals surface area contributed by atoms with Gasteiger partial charge in [-0.25, -0.2) is 0 Å². The standard InChI is InChI=1S/C12H26N2O/c1-4-7-14(9-10-15-3)8-5-6-12(2)11-13/h4,12H,1,5-11,13H2,2-3H3. The van der Waals surface area contributed by atoms with E-state index in [4.69, 9.17) is 10.5 Å². The van der Waals surface area contributed by atoms with Gasteiger partial charge in [-0.2, -0.15) is 0 Å². The average molecular weight is 214 g/mol. The maximum Gasteiger partial charge on any atom is 0.0589 e. The second-order valence-corrected chi connectivity index (χ2v) is 4.07. The lowest BCUT2D eigenvalue weighted by Crippen LogP contribution is -2.29. The molecule has 1 atom stereocenters. The molecular weight excluding hydrogens is 188 g/mol. The van der Waals surface area contributed by atoms with Crippen molar-refractivity contribution < 1.29 is 4.74 Å². The van der Waals surface area contributed by atoms with Gasteiger partial charge in [0, 0.05) is 20.2 Å². The van der Waals surface area contributed by atoms with Gasteiger partial charge in [0.15, 0.2) is 0 Å². The maximum absolute atomic E-state index is 5.58. The first kappa shape index (κ1) is 14.6. The highest BCUT2D eigenvalue weighted by Crippen LogP contribution is 2.04. The molecule has 0 aliphatic heterocycles. The molecule has 0 aliphatic carbocycles. The number of rotatable bonds is 10. The van der Waals surface area contributed by atoms with Crippen molar-refractivity contribution >= 4 is 0 Å². The van der Waals surface area contributed by atoms with E-state index in [9.17, 15) is 0 Å². The summed E-state index contributed by atoms with van der Waals surface area (Å²) >= 11 is 0. The van der Waals surface area contributed by atoms with Gasteiger partial charge in [-0.1, -0.05) is 13.0 Å². The van der Waals surface area contributed by atoms with E-state index in [2.05, 4.69) is 18.4 Å². The minimum absolute atomic E-state index is 0.637. The van der Waals surface area contributed by atoms with Gasteiger partial charge in [0.2, 0.25) is 0 Å². The second-order valence-electron chi connectivity index (χ2n) is 4.07. The van der Waals surface area contributed by atoms with Crippen LogP contribution >= 0.6 is 0 Å². The molecule has 0 aliphatic rings. The van der Waals surface area contributed by atoms with Crippen LogP contribution in [-0.4, -0.2) is 44.8 Å². The monoisotopic (exact) mass is 214 g/mol. The lowest BCUT2D eigenvalue weighted by molar-refractivity contribution is 0.152. The first-order valence-electron chi connectivity index (χ1n) is 5.76. The van der Waals surface area contributed by atoms with Crippen molar-refractivity contribution in [2.75, 3.05) is 39.9 Å². The highest BCUT2D eigenvalue weighted by atomic mass is 16.5. The van der Waals surface area contributed by atoms with Crippen LogP contribution in [0.5, 0.6) is 0 Å². The Morgan fingerprint density at radius 3 is 2.73 bits per heavy atom. The van der Waals surface area contributed by atoms with Crippen LogP contribution in [0.15, 0.2) is 12.7 Å². The topological polar surface area (TPSA) is 38.5 Å². The molecule has 0 rings (SSSR count). The average Bonchev–Trinajstić information content (AvgIpc) is 2.25. The van der Waals surface area contributed by atoms with Crippen LogP contribution in [0.3, 0.4) is 0 Å². The summed E-state index contributed by atoms with van der Waals surface area (Å²) in [6.45, 7) is 10.6. The van der Waals surface area contributed by atoms with Crippen LogP contribution in [0.25, 0.3) is 0 Å². The van der Waals surface area contributed by atoms with Crippen molar-refractivity contribution in [3.05, 3.63) is 12.7 Å². The molecule has 0 saturated heterocycles. The Kier molecular flexibility index (Phi) is 9.89. The summed E-state index contributed by atoms with van der Waals surface area (Å²) in [7, 11) is 1.74. The van der Waals surface area contributed by atoms with Gasteiger partial charge in [-0.3, -0.25) is 4.90 Å². The molecule has 0 aromatic carbocycles. The molecule has 3 nitrogen and oxygen atoms in total. The number of hydrogen-bond acceptors (Lipinski definition) is 3. The Bertz CT molecular complexity index is 151. The summed E-state index contributed by atoms with van der Waals surface area (Å²) in [6, 6.07) is 0. The molecule has 0 amide bonds. The van der Waals surface area contributed by atoms with Crippen molar-refractivity contribution in [2.45, 2.75) is 19.8 Å². The highest BCUT2D eigenvalue weighted by molar-refractivity contribution is 4.73. The quantitative estimate of drug-likeness (QED) is 0.560. The molecule has 0 radical (unpaired) electrons. The van der Waals surface area contributed by atoms with Gasteiger partial charge >= 0.3 is 0 Å². The zero-order valence-corrected chi connectivity index (χ0v) is 10.2. The SMILES string of the molecule is C=CCN(CCCC(C)CN)CCOC. The van der Waals surface area contributed by atoms with E-state index in [1.165, 1.54) is 12.8 Å². The lowest BCUT2D eigenvalue weighted by atomic mass is 10.1. The Morgan fingerprint density at radius 1 is 1.47 bits per heavy atom. The van der Waals surface area contributed by atoms with Crippen molar-refractivity contribution in [3.63, 3.8) is 0 Å². The molecule has 0 spiro atoms. The van der Waals surface area contributed by atoms with Crippen molar-refractivity contribution in [1.82, 2.24) is 4.90 Å². The van der Waals surface area contributed by atoms with Gasteiger partial charge in [0.25, 0.3) is 0 Å². The van der Waals surface area contributed by atoms with E-state index in [0.29, 0.717) is 5.92 Å². The zero-order chi connectivity index (χ0) is 11.5. The molecule has 0 aromatic rings. The number of hydrogen-bond donors (Lipinski definition) is 1. The zero-order valence-electron chi connectivity index (χ0n) is 10.2. The molecule has 3 heteroatoms. The second kappa shape index (κ2) is 10.1. The fraction of sp³-hybridized carbons (Fsp3) is 0.833. The van der Waals surface area contributed by atoms with Crippen LogP contribution in [-0.2, 0) is 4.74 Å². The molecule has 0 fully saturated rings. The number of methoxy groups -OCH3 is 1. The number of nitrogens with two attached hydrogens (primary N) is 1. The van der Waals surface area contributed by atoms with Gasteiger partial charge in [-0.15, -0.1) is 6.58 Å². The van der Waals surface area contributed by atoms with Crippen molar-refractivity contribution in [3.8, 4) is 0 Å². The van der Waals surface area contributed by atoms with E-state index in [0.717, 1.165) is 32.8 Å². The summed E-state index contributed by atoms with van der Waals surface area (Å²) in [4.78, 5) is 2.36. The van der Waals surface area contributed by atoms with E-state index in [1.54, 1.807) is 7.11 Å². The molecule has 90 valence electrons. The fourth-order valence-corrected chi connectivity index (χ4v) is 1.48. The minimum Gasteiger partial charge on any atom is -0.383 e. The summed E-state index contributed by atoms with van der Waals surface area (Å²) < 4.78 is 5.07. The van der Waals surface area contributed by atoms with Crippen LogP contribution in [0.4, 0.5) is 0 Å². The molecule has 0 aromatic heterocycles. The molecule has 1 unspecified atom stereocenters. The molecule has 15 heavy (non-hydrogen) atoms. The van der Waals surface area contributed by atoms with Crippen LogP contribution in [0.1, 0.15) is 19.8 Å². The summed E-state index contributed by atoms with van der Waals surface area (Å²) in [5.41, 5.74) is 5.58. The van der Waals surface area contributed by atoms with E-state index < -0.39 is 0 Å². The largest absolute Gasteiger partial charge is 0.383 e. The highest BCUT2D eigenvalue weighted by Gasteiger charge is 2.04. The van der Waals surface area contributed by atoms with E-state index in [1.807, 2.05) is 6.08 Å². The molecule has 0 bridgehead atoms. The molecule has 0 heterocycles. The van der Waals surface area contributed by atoms with E-state index >= 15 is 0 Å². The van der Waals surface area contributed by atoms with Crippen LogP contribution < -0.4 is 5.73 Å². The smallest absolute Gasteiger partial charge is 0.0589 e. The maximum atomic E-state index is 5.58. The predicted octanol–water partition coefficient (Wildman–Crippen LogP) is 1.50. The summed E-state index contributed by atoms with van der Waals surface area (Å²) in [5, 5.41) is 0. The third-order valence-corrected chi connectivity index (χ3v) is 2.57. The third-order valence-electron chi connectivity index (χ3n) is 2.57. The van der Waals surface area contributed by atoms with Crippen LogP contribution in [0, 0.1) is 5.92 Å². The van der Waals surface area contributed by atoms with Gasteiger partial charge in [-0.05, 0) is 31.8 Å². The molecule has 2 N–H and O–H groups in total. The molecular formula is C12H26N2O. The van der Waals surface area contributed by atoms with Gasteiger partial charge in [0.1, 0.15) is 0 Å². The first-order valence-corrected chi connectivity index (χ1v) is 5.76. The third kappa shape index (κ3) is 8.60.